The Labute approximate surface area is 180 Å². The molecule has 0 aromatic heterocycles. The van der Waals surface area contributed by atoms with E-state index in [1.165, 1.54) is 28.0 Å². The van der Waals surface area contributed by atoms with Crippen molar-refractivity contribution in [2.24, 2.45) is 5.41 Å². The second kappa shape index (κ2) is 6.96. The Morgan fingerprint density at radius 2 is 1.64 bits per heavy atom. The molecule has 4 rings (SSSR count). The summed E-state index contributed by atoms with van der Waals surface area (Å²) in [5, 5.41) is 0. The summed E-state index contributed by atoms with van der Waals surface area (Å²) in [6.07, 6.45) is 8.59. The Kier molecular flexibility index (Phi) is 5.00. The van der Waals surface area contributed by atoms with Gasteiger partial charge >= 0.3 is 180 Å². The zero-order valence-corrected chi connectivity index (χ0v) is 19.7. The molecule has 1 unspecified atom stereocenters. The molecule has 1 fully saturated rings. The van der Waals surface area contributed by atoms with E-state index in [1.807, 2.05) is 0 Å². The van der Waals surface area contributed by atoms with Crippen LogP contribution in [0.2, 0.25) is 0 Å². The zero-order chi connectivity index (χ0) is 20.2. The first kappa shape index (κ1) is 20.1. The van der Waals surface area contributed by atoms with Gasteiger partial charge in [0.15, 0.2) is 0 Å². The minimum atomic E-state index is -2.96. The van der Waals surface area contributed by atoms with E-state index in [0.29, 0.717) is 0 Å². The number of hydrogen-bond donors (Lipinski definition) is 0. The number of aryl methyl sites for hydroxylation is 2. The summed E-state index contributed by atoms with van der Waals surface area (Å²) in [7, 11) is 14.5. The minimum absolute atomic E-state index is 0.0110. The van der Waals surface area contributed by atoms with Gasteiger partial charge in [0.05, 0.1) is 0 Å². The van der Waals surface area contributed by atoms with Crippen molar-refractivity contribution >= 4 is 25.8 Å². The number of anilines is 1. The van der Waals surface area contributed by atoms with Gasteiger partial charge in [-0.2, -0.15) is 0 Å². The van der Waals surface area contributed by atoms with Crippen molar-refractivity contribution in [3.8, 4) is 0 Å². The molecule has 148 valence electrons. The summed E-state index contributed by atoms with van der Waals surface area (Å²) < 4.78 is 2.07. The van der Waals surface area contributed by atoms with Crippen LogP contribution in [0.25, 0.3) is 0 Å². The molecule has 2 aromatic carbocycles. The van der Waals surface area contributed by atoms with Gasteiger partial charge in [-0.25, -0.2) is 0 Å². The average Bonchev–Trinajstić information content (AvgIpc) is 3.02. The van der Waals surface area contributed by atoms with Gasteiger partial charge in [-0.1, -0.05) is 0 Å². The molecule has 1 atom stereocenters. The van der Waals surface area contributed by atoms with Crippen LogP contribution >= 0.6 is 20.1 Å². The van der Waals surface area contributed by atoms with Crippen molar-refractivity contribution in [2.45, 2.75) is 44.9 Å². The zero-order valence-electron chi connectivity index (χ0n) is 16.9. The molecule has 1 nitrogen and oxygen atoms in total. The maximum absolute atomic E-state index is 7.27. The van der Waals surface area contributed by atoms with Gasteiger partial charge in [0.25, 0.3) is 0 Å². The predicted octanol–water partition coefficient (Wildman–Crippen LogP) is 7.66. The second-order valence-electron chi connectivity index (χ2n) is 8.51. The summed E-state index contributed by atoms with van der Waals surface area (Å²) in [5.74, 6) is 0. The molecule has 0 bridgehead atoms. The molecule has 0 amide bonds. The van der Waals surface area contributed by atoms with Crippen LogP contribution < -0.4 is 3.88 Å². The van der Waals surface area contributed by atoms with E-state index in [-0.39, 0.29) is 9.82 Å². The fourth-order valence-electron chi connectivity index (χ4n) is 4.58. The Balaban J connectivity index is 1.86. The third-order valence-electron chi connectivity index (χ3n) is 6.12. The van der Waals surface area contributed by atoms with Crippen molar-refractivity contribution in [3.63, 3.8) is 0 Å². The molecular formula is C24H27Cl2CrN. The van der Waals surface area contributed by atoms with Gasteiger partial charge in [-0.05, 0) is 0 Å². The molecule has 28 heavy (non-hydrogen) atoms. The molecule has 0 spiro atoms. The standard InChI is InChI=1S/C24H27N.2ClH.Cr/c1-18-11-10-12-19(2)23(18)25-22(20-13-6-5-7-14-20)17-24(3,4)21-15-8-9-16-21;;;/h5-15H,16-17H2,1-4H3;2*1H;/q-1;;;+3/p-2. The number of halogens is 2. The Morgan fingerprint density at radius 1 is 1.00 bits per heavy atom. The van der Waals surface area contributed by atoms with Gasteiger partial charge in [0, 0.05) is 0 Å². The summed E-state index contributed by atoms with van der Waals surface area (Å²) in [4.78, 5) is 0. The fraction of sp³-hybridized carbons (Fsp3) is 0.333. The van der Waals surface area contributed by atoms with Crippen molar-refractivity contribution in [1.82, 2.24) is 0 Å². The van der Waals surface area contributed by atoms with Crippen LogP contribution in [0.5, 0.6) is 0 Å². The summed E-state index contributed by atoms with van der Waals surface area (Å²) in [5.41, 5.74) is 6.39. The molecule has 0 N–H and O–H groups in total. The number of nitrogens with zero attached hydrogens (tertiary/aromatic N) is 1. The topological polar surface area (TPSA) is 3.01 Å². The SMILES string of the molecule is Cc1cccc(C)c1[N]1[C](CC(C)(C)C2=CC=CC2)(c2ccccc2)[Cr]1([Cl])[Cl]. The van der Waals surface area contributed by atoms with Gasteiger partial charge < -0.3 is 0 Å². The summed E-state index contributed by atoms with van der Waals surface area (Å²) >= 11 is -2.96. The van der Waals surface area contributed by atoms with Crippen molar-refractivity contribution in [3.05, 3.63) is 89.0 Å². The number of para-hydroxylation sites is 1. The molecule has 4 heteroatoms. The van der Waals surface area contributed by atoms with Crippen LogP contribution in [0.15, 0.2) is 72.3 Å². The molecule has 2 aromatic rings. The first-order chi connectivity index (χ1) is 13.2. The van der Waals surface area contributed by atoms with E-state index < -0.39 is 11.5 Å². The van der Waals surface area contributed by atoms with Crippen LogP contribution in [0.4, 0.5) is 5.69 Å². The molecular weight excluding hydrogens is 425 g/mol. The molecule has 1 aliphatic heterocycles. The first-order valence-electron chi connectivity index (χ1n) is 9.72. The van der Waals surface area contributed by atoms with Crippen molar-refractivity contribution in [1.29, 1.82) is 0 Å². The van der Waals surface area contributed by atoms with E-state index in [0.717, 1.165) is 12.8 Å². The normalized spacial score (nSPS) is 24.2. The van der Waals surface area contributed by atoms with E-state index in [9.17, 15) is 0 Å². The third-order valence-corrected chi connectivity index (χ3v) is 12.7. The number of benzene rings is 2. The molecule has 0 saturated carbocycles. The van der Waals surface area contributed by atoms with E-state index in [2.05, 4.69) is 98.3 Å². The van der Waals surface area contributed by atoms with E-state index >= 15 is 0 Å². The van der Waals surface area contributed by atoms with Crippen LogP contribution in [0, 0.1) is 19.3 Å². The fourth-order valence-corrected chi connectivity index (χ4v) is 12.2. The number of rotatable bonds is 5. The van der Waals surface area contributed by atoms with Crippen molar-refractivity contribution in [2.75, 3.05) is 3.88 Å². The Bertz CT molecular complexity index is 942. The van der Waals surface area contributed by atoms with Gasteiger partial charge in [0.2, 0.25) is 0 Å². The van der Waals surface area contributed by atoms with E-state index in [1.54, 1.807) is 0 Å². The van der Waals surface area contributed by atoms with E-state index in [4.69, 9.17) is 20.1 Å². The van der Waals surface area contributed by atoms with Gasteiger partial charge in [0.1, 0.15) is 0 Å². The van der Waals surface area contributed by atoms with Gasteiger partial charge in [-0.15, -0.1) is 0 Å². The maximum atomic E-state index is 7.27. The van der Waals surface area contributed by atoms with Crippen LogP contribution in [0.1, 0.15) is 43.4 Å². The van der Waals surface area contributed by atoms with Crippen LogP contribution in [0.3, 0.4) is 0 Å². The van der Waals surface area contributed by atoms with Crippen molar-refractivity contribution < 1.29 is 11.5 Å². The first-order valence-corrected chi connectivity index (χ1v) is 14.4. The summed E-state index contributed by atoms with van der Waals surface area (Å²) in [6, 6.07) is 17.1. The Hall–Kier alpha value is -1.17. The predicted molar refractivity (Wildman–Crippen MR) is 118 cm³/mol. The Morgan fingerprint density at radius 3 is 2.21 bits per heavy atom. The van der Waals surface area contributed by atoms with Crippen LogP contribution in [-0.2, 0) is 15.9 Å². The second-order valence-corrected chi connectivity index (χ2v) is 15.9. The molecule has 1 aliphatic carbocycles. The number of hydrogen-bond acceptors (Lipinski definition) is 1. The molecule has 0 radical (unpaired) electrons. The van der Waals surface area contributed by atoms with Crippen LogP contribution in [-0.4, -0.2) is 0 Å². The summed E-state index contributed by atoms with van der Waals surface area (Å²) in [6.45, 7) is 8.98. The average molecular weight is 452 g/mol. The number of allylic oxidation sites excluding steroid dienone is 4. The molecule has 1 saturated heterocycles. The molecule has 2 aliphatic rings. The molecule has 1 heterocycles. The van der Waals surface area contributed by atoms with Gasteiger partial charge in [-0.3, -0.25) is 0 Å². The quantitative estimate of drug-likeness (QED) is 0.421. The third kappa shape index (κ3) is 2.98. The monoisotopic (exact) mass is 451 g/mol.